The van der Waals surface area contributed by atoms with E-state index >= 15 is 0 Å². The minimum atomic E-state index is -3.67. The first-order valence-electron chi connectivity index (χ1n) is 6.02. The molecule has 0 aromatic carbocycles. The normalized spacial score (nSPS) is 20.5. The summed E-state index contributed by atoms with van der Waals surface area (Å²) < 4.78 is 24.0. The summed E-state index contributed by atoms with van der Waals surface area (Å²) in [7, 11) is -3.67. The van der Waals surface area contributed by atoms with Crippen molar-refractivity contribution < 1.29 is 13.2 Å². The van der Waals surface area contributed by atoms with E-state index in [2.05, 4.69) is 14.9 Å². The number of nitrogens with zero attached hydrogens (tertiary/aromatic N) is 2. The van der Waals surface area contributed by atoms with Crippen molar-refractivity contribution in [3.05, 3.63) is 18.0 Å². The van der Waals surface area contributed by atoms with E-state index in [0.29, 0.717) is 18.8 Å². The summed E-state index contributed by atoms with van der Waals surface area (Å²) in [6.45, 7) is 1.44. The molecule has 1 atom stereocenters. The van der Waals surface area contributed by atoms with Crippen LogP contribution < -0.4 is 9.86 Å². The number of H-pyrrole nitrogens is 1. The number of hydrogen-bond donors (Lipinski definition) is 3. The second-order valence-corrected chi connectivity index (χ2v) is 6.00. The Morgan fingerprint density at radius 2 is 2.42 bits per heavy atom. The van der Waals surface area contributed by atoms with Gasteiger partial charge in [0, 0.05) is 25.8 Å². The van der Waals surface area contributed by atoms with E-state index in [1.165, 1.54) is 6.20 Å². The molecule has 2 rings (SSSR count). The lowest BCUT2D eigenvalue weighted by Gasteiger charge is -2.32. The zero-order chi connectivity index (χ0) is 13.9. The van der Waals surface area contributed by atoms with Crippen molar-refractivity contribution in [1.29, 1.82) is 0 Å². The van der Waals surface area contributed by atoms with E-state index in [-0.39, 0.29) is 18.4 Å². The first kappa shape index (κ1) is 14.0. The van der Waals surface area contributed by atoms with Gasteiger partial charge in [-0.15, -0.1) is 0 Å². The fourth-order valence-corrected chi connectivity index (χ4v) is 2.66. The van der Waals surface area contributed by atoms with Gasteiger partial charge in [-0.1, -0.05) is 0 Å². The lowest BCUT2D eigenvalue weighted by Crippen LogP contribution is -2.44. The Morgan fingerprint density at radius 1 is 1.63 bits per heavy atom. The van der Waals surface area contributed by atoms with Gasteiger partial charge in [-0.25, -0.2) is 9.86 Å². The average Bonchev–Trinajstić information content (AvgIpc) is 2.89. The Hall–Kier alpha value is -1.45. The number of carbonyl (C=O) groups is 1. The zero-order valence-corrected chi connectivity index (χ0v) is 11.2. The summed E-state index contributed by atoms with van der Waals surface area (Å²) in [5.41, 5.74) is 0.444. The highest BCUT2D eigenvalue weighted by Gasteiger charge is 2.25. The molecule has 1 amide bonds. The summed E-state index contributed by atoms with van der Waals surface area (Å²) in [4.78, 5) is 13.8. The second kappa shape index (κ2) is 5.68. The number of piperidine rings is 1. The monoisotopic (exact) mass is 287 g/mol. The first-order valence-corrected chi connectivity index (χ1v) is 7.56. The van der Waals surface area contributed by atoms with Crippen LogP contribution in [0.2, 0.25) is 0 Å². The molecule has 1 saturated heterocycles. The van der Waals surface area contributed by atoms with Gasteiger partial charge in [-0.2, -0.15) is 13.5 Å². The van der Waals surface area contributed by atoms with Crippen molar-refractivity contribution in [2.24, 2.45) is 11.1 Å². The van der Waals surface area contributed by atoms with E-state index in [1.54, 1.807) is 11.0 Å². The molecule has 0 saturated carbocycles. The highest BCUT2D eigenvalue weighted by atomic mass is 32.2. The molecule has 1 unspecified atom stereocenters. The van der Waals surface area contributed by atoms with Crippen LogP contribution in [0.15, 0.2) is 12.3 Å². The van der Waals surface area contributed by atoms with Crippen LogP contribution in [0, 0.1) is 5.92 Å². The van der Waals surface area contributed by atoms with Crippen LogP contribution >= 0.6 is 0 Å². The van der Waals surface area contributed by atoms with Crippen molar-refractivity contribution in [2.75, 3.05) is 19.6 Å². The summed E-state index contributed by atoms with van der Waals surface area (Å²) in [5, 5.41) is 11.3. The lowest BCUT2D eigenvalue weighted by molar-refractivity contribution is 0.0670. The van der Waals surface area contributed by atoms with Gasteiger partial charge < -0.3 is 4.90 Å². The number of hydrogen-bond acceptors (Lipinski definition) is 4. The third-order valence-electron chi connectivity index (χ3n) is 3.11. The molecule has 0 radical (unpaired) electrons. The highest BCUT2D eigenvalue weighted by molar-refractivity contribution is 7.87. The molecular weight excluding hydrogens is 270 g/mol. The number of aromatic amines is 1. The van der Waals surface area contributed by atoms with Gasteiger partial charge in [0.2, 0.25) is 0 Å². The number of carbonyl (C=O) groups excluding carboxylic acids is 1. The maximum atomic E-state index is 12.1. The van der Waals surface area contributed by atoms with Gasteiger partial charge in [-0.3, -0.25) is 9.89 Å². The molecule has 0 bridgehead atoms. The molecule has 1 fully saturated rings. The van der Waals surface area contributed by atoms with E-state index < -0.39 is 10.2 Å². The minimum absolute atomic E-state index is 0.0824. The molecule has 2 heterocycles. The lowest BCUT2D eigenvalue weighted by atomic mass is 9.98. The molecule has 0 aliphatic carbocycles. The standard InChI is InChI=1S/C10H17N5O3S/c11-19(17,18)13-6-8-2-1-5-15(7-8)10(16)9-3-4-12-14-9/h3-4,8,13H,1-2,5-7H2,(H,12,14)(H2,11,17,18). The van der Waals surface area contributed by atoms with E-state index in [9.17, 15) is 13.2 Å². The molecule has 106 valence electrons. The van der Waals surface area contributed by atoms with Crippen LogP contribution in [0.5, 0.6) is 0 Å². The van der Waals surface area contributed by atoms with Crippen LogP contribution in [-0.4, -0.2) is 49.1 Å². The van der Waals surface area contributed by atoms with Gasteiger partial charge in [-0.05, 0) is 24.8 Å². The first-order chi connectivity index (χ1) is 8.96. The van der Waals surface area contributed by atoms with Crippen molar-refractivity contribution in [2.45, 2.75) is 12.8 Å². The quantitative estimate of drug-likeness (QED) is 0.661. The van der Waals surface area contributed by atoms with Gasteiger partial charge in [0.1, 0.15) is 5.69 Å². The number of amides is 1. The Kier molecular flexibility index (Phi) is 4.17. The summed E-state index contributed by atoms with van der Waals surface area (Å²) in [6.07, 6.45) is 3.24. The average molecular weight is 287 g/mol. The summed E-state index contributed by atoms with van der Waals surface area (Å²) in [6, 6.07) is 1.62. The molecule has 1 aromatic rings. The molecule has 1 aliphatic rings. The van der Waals surface area contributed by atoms with Gasteiger partial charge in [0.25, 0.3) is 16.1 Å². The molecule has 0 spiro atoms. The topological polar surface area (TPSA) is 121 Å². The number of likely N-dealkylation sites (tertiary alicyclic amines) is 1. The van der Waals surface area contributed by atoms with Gasteiger partial charge in [0.15, 0.2) is 0 Å². The number of nitrogens with one attached hydrogen (secondary N) is 2. The molecule has 19 heavy (non-hydrogen) atoms. The fourth-order valence-electron chi connectivity index (χ4n) is 2.20. The smallest absolute Gasteiger partial charge is 0.274 e. The van der Waals surface area contributed by atoms with E-state index in [4.69, 9.17) is 5.14 Å². The largest absolute Gasteiger partial charge is 0.337 e. The Balaban J connectivity index is 1.92. The molecule has 1 aromatic heterocycles. The van der Waals surface area contributed by atoms with Crippen molar-refractivity contribution in [1.82, 2.24) is 19.8 Å². The maximum Gasteiger partial charge on any atom is 0.274 e. The molecule has 4 N–H and O–H groups in total. The zero-order valence-electron chi connectivity index (χ0n) is 10.4. The maximum absolute atomic E-state index is 12.1. The van der Waals surface area contributed by atoms with E-state index in [1.807, 2.05) is 0 Å². The van der Waals surface area contributed by atoms with Crippen LogP contribution in [0.25, 0.3) is 0 Å². The van der Waals surface area contributed by atoms with Gasteiger partial charge >= 0.3 is 0 Å². The highest BCUT2D eigenvalue weighted by Crippen LogP contribution is 2.17. The van der Waals surface area contributed by atoms with Crippen molar-refractivity contribution in [3.8, 4) is 0 Å². The molecule has 8 nitrogen and oxygen atoms in total. The van der Waals surface area contributed by atoms with Crippen LogP contribution in [0.3, 0.4) is 0 Å². The van der Waals surface area contributed by atoms with Crippen molar-refractivity contribution >= 4 is 16.1 Å². The van der Waals surface area contributed by atoms with E-state index in [0.717, 1.165) is 12.8 Å². The third kappa shape index (κ3) is 4.01. The predicted molar refractivity (Wildman–Crippen MR) is 68.3 cm³/mol. The summed E-state index contributed by atoms with van der Waals surface area (Å²) in [5.74, 6) is -0.0308. The minimum Gasteiger partial charge on any atom is -0.337 e. The summed E-state index contributed by atoms with van der Waals surface area (Å²) >= 11 is 0. The Bertz CT molecular complexity index is 527. The number of aromatic nitrogens is 2. The van der Waals surface area contributed by atoms with Crippen LogP contribution in [-0.2, 0) is 10.2 Å². The SMILES string of the molecule is NS(=O)(=O)NCC1CCCN(C(=O)c2ccn[nH]2)C1. The van der Waals surface area contributed by atoms with Gasteiger partial charge in [0.05, 0.1) is 0 Å². The van der Waals surface area contributed by atoms with Crippen molar-refractivity contribution in [3.63, 3.8) is 0 Å². The molecule has 9 heteroatoms. The van der Waals surface area contributed by atoms with Crippen LogP contribution in [0.4, 0.5) is 0 Å². The second-order valence-electron chi connectivity index (χ2n) is 4.62. The van der Waals surface area contributed by atoms with Crippen LogP contribution in [0.1, 0.15) is 23.3 Å². The fraction of sp³-hybridized carbons (Fsp3) is 0.600. The number of nitrogens with two attached hydrogens (primary N) is 1. The third-order valence-corrected chi connectivity index (χ3v) is 3.68. The molecular formula is C10H17N5O3S. The predicted octanol–water partition coefficient (Wildman–Crippen LogP) is -0.945. The molecule has 1 aliphatic heterocycles. The number of rotatable bonds is 4. The Morgan fingerprint density at radius 3 is 3.05 bits per heavy atom. The Labute approximate surface area is 111 Å².